The summed E-state index contributed by atoms with van der Waals surface area (Å²) in [5.41, 5.74) is 5.89. The third-order valence-electron chi connectivity index (χ3n) is 4.73. The number of carbonyl (C=O) groups is 1. The molecule has 0 unspecified atom stereocenters. The van der Waals surface area contributed by atoms with Crippen LogP contribution in [-0.2, 0) is 11.2 Å². The maximum atomic E-state index is 12.3. The predicted octanol–water partition coefficient (Wildman–Crippen LogP) is 8.28. The van der Waals surface area contributed by atoms with Crippen LogP contribution in [0.4, 0.5) is 13.2 Å². The van der Waals surface area contributed by atoms with Crippen LogP contribution in [0.2, 0.25) is 0 Å². The molecule has 31 heavy (non-hydrogen) atoms. The largest absolute Gasteiger partial charge is 0.409 e. The molecule has 0 N–H and O–H groups in total. The van der Waals surface area contributed by atoms with Crippen molar-refractivity contribution in [2.45, 2.75) is 59.1 Å². The van der Waals surface area contributed by atoms with Gasteiger partial charge < -0.3 is 0 Å². The van der Waals surface area contributed by atoms with Gasteiger partial charge in [0.05, 0.1) is 0 Å². The van der Waals surface area contributed by atoms with Crippen LogP contribution in [0, 0.1) is 12.8 Å². The molecular weight excluding hydrogens is 397 g/mol. The Kier molecular flexibility index (Phi) is 11.0. The SMILES string of the molecule is C=C(CC1=CCC=C(C(=O)CCC(C)C)C=C1)Cc1ccc(C)cc1.C=CC(F)(F)F.[HH]. The second kappa shape index (κ2) is 12.9. The highest BCUT2D eigenvalue weighted by Crippen LogP contribution is 2.21. The van der Waals surface area contributed by atoms with Gasteiger partial charge in [0.25, 0.3) is 0 Å². The molecule has 0 saturated carbocycles. The van der Waals surface area contributed by atoms with Crippen LogP contribution in [-0.4, -0.2) is 12.0 Å². The number of hydrogen-bond donors (Lipinski definition) is 0. The Morgan fingerprint density at radius 2 is 1.74 bits per heavy atom. The molecule has 0 heterocycles. The minimum atomic E-state index is -4.19. The molecule has 4 heteroatoms. The Labute approximate surface area is 186 Å². The van der Waals surface area contributed by atoms with Gasteiger partial charge in [-0.1, -0.05) is 86.7 Å². The first-order valence-corrected chi connectivity index (χ1v) is 10.5. The lowest BCUT2D eigenvalue weighted by molar-refractivity contribution is -0.115. The van der Waals surface area contributed by atoms with Gasteiger partial charge >= 0.3 is 6.18 Å². The molecule has 0 saturated heterocycles. The van der Waals surface area contributed by atoms with Crippen molar-refractivity contribution >= 4 is 5.78 Å². The third-order valence-corrected chi connectivity index (χ3v) is 4.73. The summed E-state index contributed by atoms with van der Waals surface area (Å²) in [7, 11) is 0. The predicted molar refractivity (Wildman–Crippen MR) is 126 cm³/mol. The quantitative estimate of drug-likeness (QED) is 0.378. The van der Waals surface area contributed by atoms with Gasteiger partial charge in [-0.2, -0.15) is 13.2 Å². The first-order valence-electron chi connectivity index (χ1n) is 10.5. The maximum Gasteiger partial charge on any atom is 0.409 e. The van der Waals surface area contributed by atoms with Crippen molar-refractivity contribution in [1.82, 2.24) is 0 Å². The van der Waals surface area contributed by atoms with Crippen molar-refractivity contribution in [3.05, 3.63) is 95.6 Å². The smallest absolute Gasteiger partial charge is 0.294 e. The molecule has 0 radical (unpaired) electrons. The van der Waals surface area contributed by atoms with Crippen LogP contribution in [0.1, 0.15) is 52.1 Å². The first-order chi connectivity index (χ1) is 14.5. The van der Waals surface area contributed by atoms with Crippen molar-refractivity contribution in [2.75, 3.05) is 0 Å². The summed E-state index contributed by atoms with van der Waals surface area (Å²) in [5.74, 6) is 0.830. The summed E-state index contributed by atoms with van der Waals surface area (Å²) in [6.45, 7) is 13.2. The number of carbonyl (C=O) groups excluding carboxylic acids is 1. The molecule has 1 aliphatic carbocycles. The molecule has 0 aliphatic heterocycles. The van der Waals surface area contributed by atoms with E-state index in [1.165, 1.54) is 22.3 Å². The van der Waals surface area contributed by atoms with Gasteiger partial charge in [-0.25, -0.2) is 0 Å². The Morgan fingerprint density at radius 1 is 1.13 bits per heavy atom. The van der Waals surface area contributed by atoms with Gasteiger partial charge in [-0.15, -0.1) is 0 Å². The van der Waals surface area contributed by atoms with E-state index < -0.39 is 6.18 Å². The standard InChI is InChI=1S/C24H30O.C3H3F3.H2/c1-18(2)8-15-24(25)23-7-5-6-21(13-14-23)16-20(4)17-22-11-9-19(3)10-12-22;1-2-3(4,5)6;/h6-7,9-14,18H,4-5,8,15-17H2,1-3H3;2H,1H2;1H. The Balaban J connectivity index is 0.00000121. The fraction of sp³-hybridized carbons (Fsp3) is 0.370. The highest BCUT2D eigenvalue weighted by molar-refractivity contribution is 5.98. The number of benzene rings is 1. The number of alkyl halides is 3. The summed E-state index contributed by atoms with van der Waals surface area (Å²) >= 11 is 0. The molecule has 170 valence electrons. The van der Waals surface area contributed by atoms with E-state index in [1.807, 2.05) is 6.08 Å². The number of halogens is 3. The number of rotatable bonds is 8. The topological polar surface area (TPSA) is 17.1 Å². The van der Waals surface area contributed by atoms with Gasteiger partial charge in [-0.3, -0.25) is 4.79 Å². The van der Waals surface area contributed by atoms with E-state index in [-0.39, 0.29) is 13.3 Å². The summed E-state index contributed by atoms with van der Waals surface area (Å²) in [6.07, 6.45) is 8.27. The fourth-order valence-electron chi connectivity index (χ4n) is 2.92. The van der Waals surface area contributed by atoms with Crippen molar-refractivity contribution in [3.8, 4) is 0 Å². The lowest BCUT2D eigenvalue weighted by atomic mass is 9.98. The summed E-state index contributed by atoms with van der Waals surface area (Å²) in [6, 6.07) is 8.63. The van der Waals surface area contributed by atoms with Crippen LogP contribution in [0.3, 0.4) is 0 Å². The average Bonchev–Trinajstić information content (AvgIpc) is 2.93. The van der Waals surface area contributed by atoms with Gasteiger partial charge in [0.15, 0.2) is 5.78 Å². The molecule has 0 spiro atoms. The van der Waals surface area contributed by atoms with Gasteiger partial charge in [0.2, 0.25) is 0 Å². The van der Waals surface area contributed by atoms with Crippen LogP contribution < -0.4 is 0 Å². The molecule has 0 bridgehead atoms. The van der Waals surface area contributed by atoms with E-state index in [0.29, 0.717) is 12.3 Å². The molecule has 2 rings (SSSR count). The van der Waals surface area contributed by atoms with E-state index in [9.17, 15) is 18.0 Å². The number of ketones is 1. The second-order valence-corrected chi connectivity index (χ2v) is 8.20. The summed E-state index contributed by atoms with van der Waals surface area (Å²) < 4.78 is 32.0. The van der Waals surface area contributed by atoms with Gasteiger partial charge in [-0.05, 0) is 49.7 Å². The van der Waals surface area contributed by atoms with Crippen LogP contribution in [0.15, 0.2) is 84.5 Å². The highest BCUT2D eigenvalue weighted by atomic mass is 19.4. The molecule has 0 atom stereocenters. The lowest BCUT2D eigenvalue weighted by Crippen LogP contribution is -2.02. The fourth-order valence-corrected chi connectivity index (χ4v) is 2.92. The minimum absolute atomic E-state index is 0. The second-order valence-electron chi connectivity index (χ2n) is 8.20. The van der Waals surface area contributed by atoms with Crippen LogP contribution in [0.5, 0.6) is 0 Å². The van der Waals surface area contributed by atoms with Gasteiger partial charge in [0.1, 0.15) is 0 Å². The van der Waals surface area contributed by atoms with Crippen LogP contribution >= 0.6 is 0 Å². The van der Waals surface area contributed by atoms with E-state index in [1.54, 1.807) is 0 Å². The van der Waals surface area contributed by atoms with Crippen molar-refractivity contribution in [3.63, 3.8) is 0 Å². The maximum absolute atomic E-state index is 12.3. The molecule has 0 aromatic heterocycles. The molecule has 0 amide bonds. The molecule has 1 nitrogen and oxygen atoms in total. The summed E-state index contributed by atoms with van der Waals surface area (Å²) in [5, 5.41) is 0. The normalized spacial score (nSPS) is 13.5. The van der Waals surface area contributed by atoms with Crippen molar-refractivity contribution in [1.29, 1.82) is 0 Å². The van der Waals surface area contributed by atoms with E-state index in [4.69, 9.17) is 0 Å². The summed E-state index contributed by atoms with van der Waals surface area (Å²) in [4.78, 5) is 12.3. The van der Waals surface area contributed by atoms with E-state index in [0.717, 1.165) is 31.3 Å². The number of allylic oxidation sites excluding steroid dienone is 8. The molecule has 1 aromatic rings. The molecule has 1 aliphatic rings. The van der Waals surface area contributed by atoms with Crippen molar-refractivity contribution < 1.29 is 19.4 Å². The monoisotopic (exact) mass is 432 g/mol. The van der Waals surface area contributed by atoms with Crippen molar-refractivity contribution in [2.24, 2.45) is 5.92 Å². The Morgan fingerprint density at radius 3 is 2.29 bits per heavy atom. The third kappa shape index (κ3) is 12.0. The first kappa shape index (κ1) is 26.4. The zero-order chi connectivity index (χ0) is 23.4. The Bertz CT molecular complexity index is 841. The molecular formula is C27H35F3O. The van der Waals surface area contributed by atoms with Gasteiger partial charge in [0, 0.05) is 19.5 Å². The number of aryl methyl sites for hydroxylation is 1. The Hall–Kier alpha value is -2.62. The van der Waals surface area contributed by atoms with E-state index >= 15 is 0 Å². The zero-order valence-electron chi connectivity index (χ0n) is 18.8. The van der Waals surface area contributed by atoms with Crippen LogP contribution in [0.25, 0.3) is 0 Å². The minimum Gasteiger partial charge on any atom is -0.294 e. The molecule has 1 aromatic carbocycles. The molecule has 0 fully saturated rings. The zero-order valence-corrected chi connectivity index (χ0v) is 18.8. The lowest BCUT2D eigenvalue weighted by Gasteiger charge is -2.07. The van der Waals surface area contributed by atoms with E-state index in [2.05, 4.69) is 76.4 Å². The highest BCUT2D eigenvalue weighted by Gasteiger charge is 2.19. The number of Topliss-reactive ketones (excluding diaryl/α,β-unsaturated/α-hetero) is 1. The number of hydrogen-bond acceptors (Lipinski definition) is 1. The average molecular weight is 433 g/mol.